The third-order valence-electron chi connectivity index (χ3n) is 2.84. The number of hydrogen-bond donors (Lipinski definition) is 2. The highest BCUT2D eigenvalue weighted by molar-refractivity contribution is 5.94. The van der Waals surface area contributed by atoms with E-state index in [-0.39, 0.29) is 5.92 Å². The lowest BCUT2D eigenvalue weighted by atomic mass is 10.0. The van der Waals surface area contributed by atoms with E-state index in [9.17, 15) is 9.59 Å². The Morgan fingerprint density at radius 3 is 2.67 bits per heavy atom. The Labute approximate surface area is 124 Å². The number of methoxy groups -OCH3 is 1. The summed E-state index contributed by atoms with van der Waals surface area (Å²) in [7, 11) is 1.57. The first-order valence-corrected chi connectivity index (χ1v) is 6.77. The zero-order valence-corrected chi connectivity index (χ0v) is 12.5. The van der Waals surface area contributed by atoms with Gasteiger partial charge in [0.25, 0.3) is 0 Å². The van der Waals surface area contributed by atoms with Gasteiger partial charge in [-0.3, -0.25) is 4.79 Å². The minimum absolute atomic E-state index is 0.189. The Kier molecular flexibility index (Phi) is 6.46. The number of carboxylic acid groups (broad SMARTS) is 1. The molecule has 114 valence electrons. The van der Waals surface area contributed by atoms with Crippen molar-refractivity contribution in [2.75, 3.05) is 7.11 Å². The van der Waals surface area contributed by atoms with Crippen molar-refractivity contribution in [1.82, 2.24) is 5.32 Å². The quantitative estimate of drug-likeness (QED) is 0.756. The van der Waals surface area contributed by atoms with Crippen LogP contribution in [-0.2, 0) is 9.59 Å². The van der Waals surface area contributed by atoms with Crippen molar-refractivity contribution in [3.05, 3.63) is 35.9 Å². The fourth-order valence-corrected chi connectivity index (χ4v) is 1.83. The molecule has 5 nitrogen and oxygen atoms in total. The van der Waals surface area contributed by atoms with E-state index in [0.29, 0.717) is 12.2 Å². The first-order valence-electron chi connectivity index (χ1n) is 6.77. The lowest BCUT2D eigenvalue weighted by Crippen LogP contribution is -2.40. The smallest absolute Gasteiger partial charge is 0.326 e. The van der Waals surface area contributed by atoms with Gasteiger partial charge in [-0.05, 0) is 36.1 Å². The molecule has 2 N–H and O–H groups in total. The third kappa shape index (κ3) is 6.12. The summed E-state index contributed by atoms with van der Waals surface area (Å²) in [6.07, 6.45) is 3.34. The number of carbonyl (C=O) groups is 2. The van der Waals surface area contributed by atoms with Crippen molar-refractivity contribution in [3.63, 3.8) is 0 Å². The van der Waals surface area contributed by atoms with E-state index < -0.39 is 17.9 Å². The molecule has 0 aromatic heterocycles. The first kappa shape index (κ1) is 16.8. The van der Waals surface area contributed by atoms with Gasteiger partial charge >= 0.3 is 5.97 Å². The number of carboxylic acids is 1. The number of carbonyl (C=O) groups excluding carboxylic acids is 1. The molecule has 0 unspecified atom stereocenters. The summed E-state index contributed by atoms with van der Waals surface area (Å²) in [5.74, 6) is -0.563. The number of aliphatic carboxylic acids is 1. The van der Waals surface area contributed by atoms with Crippen LogP contribution in [0.5, 0.6) is 5.75 Å². The highest BCUT2D eigenvalue weighted by Crippen LogP contribution is 2.13. The summed E-state index contributed by atoms with van der Waals surface area (Å²) in [4.78, 5) is 22.8. The molecule has 0 radical (unpaired) electrons. The molecule has 0 aliphatic rings. The molecule has 1 rings (SSSR count). The van der Waals surface area contributed by atoms with Gasteiger partial charge in [0, 0.05) is 6.08 Å². The highest BCUT2D eigenvalue weighted by atomic mass is 16.5. The van der Waals surface area contributed by atoms with Crippen molar-refractivity contribution < 1.29 is 19.4 Å². The van der Waals surface area contributed by atoms with Crippen LogP contribution in [0.2, 0.25) is 0 Å². The summed E-state index contributed by atoms with van der Waals surface area (Å²) in [6, 6.07) is 6.37. The maximum absolute atomic E-state index is 11.8. The van der Waals surface area contributed by atoms with Gasteiger partial charge < -0.3 is 15.2 Å². The molecule has 0 aliphatic carbocycles. The van der Waals surface area contributed by atoms with Gasteiger partial charge in [-0.1, -0.05) is 26.0 Å². The fraction of sp³-hybridized carbons (Fsp3) is 0.375. The number of nitrogens with one attached hydrogen (secondary N) is 1. The number of amides is 1. The van der Waals surface area contributed by atoms with Crippen molar-refractivity contribution >= 4 is 18.0 Å². The van der Waals surface area contributed by atoms with Crippen LogP contribution in [0.15, 0.2) is 30.3 Å². The normalized spacial score (nSPS) is 12.4. The SMILES string of the molecule is COc1cccc(C=CC(=O)N[C@H](CC(C)C)C(=O)O)c1. The maximum atomic E-state index is 11.8. The zero-order chi connectivity index (χ0) is 15.8. The fourth-order valence-electron chi connectivity index (χ4n) is 1.83. The summed E-state index contributed by atoms with van der Waals surface area (Å²) in [5.41, 5.74) is 0.806. The molecule has 5 heteroatoms. The number of ether oxygens (including phenoxy) is 1. The second-order valence-electron chi connectivity index (χ2n) is 5.14. The Hall–Kier alpha value is -2.30. The van der Waals surface area contributed by atoms with Crippen molar-refractivity contribution in [2.45, 2.75) is 26.3 Å². The van der Waals surface area contributed by atoms with Gasteiger partial charge in [-0.15, -0.1) is 0 Å². The molecule has 21 heavy (non-hydrogen) atoms. The maximum Gasteiger partial charge on any atom is 0.326 e. The molecule has 0 aliphatic heterocycles. The lowest BCUT2D eigenvalue weighted by molar-refractivity contribution is -0.141. The van der Waals surface area contributed by atoms with Crippen molar-refractivity contribution in [1.29, 1.82) is 0 Å². The number of rotatable bonds is 7. The van der Waals surface area contributed by atoms with E-state index in [4.69, 9.17) is 9.84 Å². The lowest BCUT2D eigenvalue weighted by Gasteiger charge is -2.15. The van der Waals surface area contributed by atoms with Gasteiger partial charge in [-0.25, -0.2) is 4.79 Å². The predicted octanol–water partition coefficient (Wildman–Crippen LogP) is 2.32. The largest absolute Gasteiger partial charge is 0.497 e. The molecule has 0 bridgehead atoms. The molecule has 1 aromatic rings. The Morgan fingerprint density at radius 1 is 1.38 bits per heavy atom. The van der Waals surface area contributed by atoms with Crippen LogP contribution < -0.4 is 10.1 Å². The summed E-state index contributed by atoms with van der Waals surface area (Å²) < 4.78 is 5.09. The Morgan fingerprint density at radius 2 is 2.10 bits per heavy atom. The second-order valence-corrected chi connectivity index (χ2v) is 5.14. The molecule has 0 fully saturated rings. The molecular weight excluding hydrogens is 270 g/mol. The molecule has 0 saturated heterocycles. The van der Waals surface area contributed by atoms with E-state index in [1.54, 1.807) is 25.3 Å². The summed E-state index contributed by atoms with van der Waals surface area (Å²) in [6.45, 7) is 3.82. The van der Waals surface area contributed by atoms with Crippen LogP contribution in [0.3, 0.4) is 0 Å². The van der Waals surface area contributed by atoms with Gasteiger partial charge in [0.05, 0.1) is 7.11 Å². The Balaban J connectivity index is 2.66. The van der Waals surface area contributed by atoms with Gasteiger partial charge in [0.2, 0.25) is 5.91 Å². The van der Waals surface area contributed by atoms with E-state index in [2.05, 4.69) is 5.32 Å². The molecule has 1 amide bonds. The van der Waals surface area contributed by atoms with Gasteiger partial charge in [-0.2, -0.15) is 0 Å². The van der Waals surface area contributed by atoms with E-state index in [1.165, 1.54) is 6.08 Å². The summed E-state index contributed by atoms with van der Waals surface area (Å²) >= 11 is 0. The van der Waals surface area contributed by atoms with Crippen LogP contribution in [-0.4, -0.2) is 30.1 Å². The average Bonchev–Trinajstić information content (AvgIpc) is 2.44. The van der Waals surface area contributed by atoms with Crippen LogP contribution in [0.25, 0.3) is 6.08 Å². The minimum atomic E-state index is -1.02. The topological polar surface area (TPSA) is 75.6 Å². The van der Waals surface area contributed by atoms with Crippen molar-refractivity contribution in [3.8, 4) is 5.75 Å². The molecule has 0 saturated carbocycles. The molecule has 0 heterocycles. The predicted molar refractivity (Wildman–Crippen MR) is 81.0 cm³/mol. The molecular formula is C16H21NO4. The number of benzene rings is 1. The van der Waals surface area contributed by atoms with E-state index in [0.717, 1.165) is 5.56 Å². The standard InChI is InChI=1S/C16H21NO4/c1-11(2)9-14(16(19)20)17-15(18)8-7-12-5-4-6-13(10-12)21-3/h4-8,10-11,14H,9H2,1-3H3,(H,17,18)(H,19,20)/t14-/m1/s1. The number of hydrogen-bond acceptors (Lipinski definition) is 3. The minimum Gasteiger partial charge on any atom is -0.497 e. The van der Waals surface area contributed by atoms with Crippen molar-refractivity contribution in [2.24, 2.45) is 5.92 Å². The zero-order valence-electron chi connectivity index (χ0n) is 12.5. The second kappa shape index (κ2) is 8.09. The average molecular weight is 291 g/mol. The monoisotopic (exact) mass is 291 g/mol. The first-order chi connectivity index (χ1) is 9.92. The van der Waals surface area contributed by atoms with Crippen LogP contribution >= 0.6 is 0 Å². The molecule has 0 spiro atoms. The van der Waals surface area contributed by atoms with E-state index in [1.807, 2.05) is 26.0 Å². The summed E-state index contributed by atoms with van der Waals surface area (Å²) in [5, 5.41) is 11.6. The van der Waals surface area contributed by atoms with Gasteiger partial charge in [0.15, 0.2) is 0 Å². The molecule has 1 atom stereocenters. The third-order valence-corrected chi connectivity index (χ3v) is 2.84. The molecule has 1 aromatic carbocycles. The van der Waals surface area contributed by atoms with Gasteiger partial charge in [0.1, 0.15) is 11.8 Å². The Bertz CT molecular complexity index is 523. The van der Waals surface area contributed by atoms with Crippen LogP contribution in [0.1, 0.15) is 25.8 Å². The van der Waals surface area contributed by atoms with E-state index >= 15 is 0 Å². The van der Waals surface area contributed by atoms with Crippen LogP contribution in [0.4, 0.5) is 0 Å². The highest BCUT2D eigenvalue weighted by Gasteiger charge is 2.19. The van der Waals surface area contributed by atoms with Crippen LogP contribution in [0, 0.1) is 5.92 Å².